The topological polar surface area (TPSA) is 38.5 Å². The average molecular weight is 228 g/mol. The summed E-state index contributed by atoms with van der Waals surface area (Å²) < 4.78 is 5.34. The SMILES string of the molecule is COCC(C(C)C)N1CCC(C)C(CN)C1. The first-order chi connectivity index (χ1) is 7.60. The Balaban J connectivity index is 2.57. The highest BCUT2D eigenvalue weighted by molar-refractivity contribution is 4.84. The van der Waals surface area contributed by atoms with E-state index in [1.807, 2.05) is 0 Å². The Hall–Kier alpha value is -0.120. The fourth-order valence-corrected chi connectivity index (χ4v) is 2.68. The Bertz CT molecular complexity index is 196. The molecule has 0 aliphatic carbocycles. The van der Waals surface area contributed by atoms with E-state index in [0.717, 1.165) is 25.6 Å². The zero-order valence-corrected chi connectivity index (χ0v) is 11.3. The number of hydrogen-bond acceptors (Lipinski definition) is 3. The van der Waals surface area contributed by atoms with Crippen LogP contribution >= 0.6 is 0 Å². The summed E-state index contributed by atoms with van der Waals surface area (Å²) in [6.45, 7) is 10.9. The molecule has 3 atom stereocenters. The maximum Gasteiger partial charge on any atom is 0.0620 e. The van der Waals surface area contributed by atoms with E-state index in [9.17, 15) is 0 Å². The summed E-state index contributed by atoms with van der Waals surface area (Å²) >= 11 is 0. The summed E-state index contributed by atoms with van der Waals surface area (Å²) in [6, 6.07) is 0.548. The van der Waals surface area contributed by atoms with Crippen molar-refractivity contribution < 1.29 is 4.74 Å². The quantitative estimate of drug-likeness (QED) is 0.776. The monoisotopic (exact) mass is 228 g/mol. The van der Waals surface area contributed by atoms with Crippen molar-refractivity contribution in [1.82, 2.24) is 4.90 Å². The molecule has 16 heavy (non-hydrogen) atoms. The lowest BCUT2D eigenvalue weighted by molar-refractivity contribution is 0.0234. The number of nitrogens with two attached hydrogens (primary N) is 1. The van der Waals surface area contributed by atoms with Gasteiger partial charge in [0.1, 0.15) is 0 Å². The van der Waals surface area contributed by atoms with Gasteiger partial charge in [0, 0.05) is 19.7 Å². The summed E-state index contributed by atoms with van der Waals surface area (Å²) in [5.74, 6) is 2.08. The van der Waals surface area contributed by atoms with Crippen LogP contribution in [0.4, 0.5) is 0 Å². The molecule has 2 N–H and O–H groups in total. The fourth-order valence-electron chi connectivity index (χ4n) is 2.68. The van der Waals surface area contributed by atoms with E-state index in [0.29, 0.717) is 17.9 Å². The van der Waals surface area contributed by atoms with Crippen LogP contribution in [0.2, 0.25) is 0 Å². The van der Waals surface area contributed by atoms with E-state index in [2.05, 4.69) is 25.7 Å². The Kier molecular flexibility index (Phi) is 5.73. The van der Waals surface area contributed by atoms with E-state index >= 15 is 0 Å². The minimum absolute atomic E-state index is 0.548. The lowest BCUT2D eigenvalue weighted by Crippen LogP contribution is -2.50. The zero-order chi connectivity index (χ0) is 12.1. The Morgan fingerprint density at radius 2 is 2.12 bits per heavy atom. The predicted molar refractivity (Wildman–Crippen MR) is 68.4 cm³/mol. The van der Waals surface area contributed by atoms with E-state index in [4.69, 9.17) is 10.5 Å². The van der Waals surface area contributed by atoms with Gasteiger partial charge in [0.05, 0.1) is 6.61 Å². The predicted octanol–water partition coefficient (Wildman–Crippen LogP) is 1.57. The number of rotatable bonds is 5. The number of likely N-dealkylation sites (tertiary alicyclic amines) is 1. The lowest BCUT2D eigenvalue weighted by Gasteiger charge is -2.42. The summed E-state index contributed by atoms with van der Waals surface area (Å²) in [7, 11) is 1.79. The fraction of sp³-hybridized carbons (Fsp3) is 1.00. The number of hydrogen-bond donors (Lipinski definition) is 1. The molecule has 1 heterocycles. The van der Waals surface area contributed by atoms with Crippen molar-refractivity contribution in [3.8, 4) is 0 Å². The van der Waals surface area contributed by atoms with Gasteiger partial charge < -0.3 is 10.5 Å². The lowest BCUT2D eigenvalue weighted by atomic mass is 9.85. The van der Waals surface area contributed by atoms with Crippen LogP contribution in [0.1, 0.15) is 27.2 Å². The Labute approximate surface area is 100 Å². The minimum atomic E-state index is 0.548. The first kappa shape index (κ1) is 13.9. The maximum atomic E-state index is 5.85. The van der Waals surface area contributed by atoms with E-state index in [1.54, 1.807) is 7.11 Å². The van der Waals surface area contributed by atoms with E-state index < -0.39 is 0 Å². The number of nitrogens with zero attached hydrogens (tertiary/aromatic N) is 1. The molecule has 0 aromatic heterocycles. The summed E-state index contributed by atoms with van der Waals surface area (Å²) in [5.41, 5.74) is 5.85. The molecule has 0 aromatic carbocycles. The van der Waals surface area contributed by atoms with Crippen LogP contribution < -0.4 is 5.73 Å². The molecule has 1 rings (SSSR count). The number of piperidine rings is 1. The van der Waals surface area contributed by atoms with Gasteiger partial charge in [-0.25, -0.2) is 0 Å². The summed E-state index contributed by atoms with van der Waals surface area (Å²) in [5, 5.41) is 0. The molecular formula is C13H28N2O. The smallest absolute Gasteiger partial charge is 0.0620 e. The van der Waals surface area contributed by atoms with Gasteiger partial charge in [-0.1, -0.05) is 20.8 Å². The Morgan fingerprint density at radius 3 is 2.62 bits per heavy atom. The normalized spacial score (nSPS) is 29.6. The zero-order valence-electron chi connectivity index (χ0n) is 11.3. The molecule has 1 saturated heterocycles. The molecule has 1 aliphatic rings. The summed E-state index contributed by atoms with van der Waals surface area (Å²) in [4.78, 5) is 2.58. The van der Waals surface area contributed by atoms with Crippen LogP contribution in [-0.2, 0) is 4.74 Å². The van der Waals surface area contributed by atoms with Crippen LogP contribution in [0.3, 0.4) is 0 Å². The van der Waals surface area contributed by atoms with Gasteiger partial charge in [-0.15, -0.1) is 0 Å². The first-order valence-corrected chi connectivity index (χ1v) is 6.53. The third kappa shape index (κ3) is 3.44. The standard InChI is InChI=1S/C13H28N2O/c1-10(2)13(9-16-4)15-6-5-11(3)12(7-14)8-15/h10-13H,5-9,14H2,1-4H3. The molecule has 0 bridgehead atoms. The van der Waals surface area contributed by atoms with Crippen molar-refractivity contribution in [2.45, 2.75) is 33.2 Å². The number of ether oxygens (including phenoxy) is 1. The van der Waals surface area contributed by atoms with Crippen LogP contribution in [-0.4, -0.2) is 44.3 Å². The molecule has 3 unspecified atom stereocenters. The minimum Gasteiger partial charge on any atom is -0.383 e. The van der Waals surface area contributed by atoms with Crippen molar-refractivity contribution in [3.63, 3.8) is 0 Å². The molecule has 0 amide bonds. The third-order valence-corrected chi connectivity index (χ3v) is 4.02. The van der Waals surface area contributed by atoms with Gasteiger partial charge in [-0.2, -0.15) is 0 Å². The van der Waals surface area contributed by atoms with Crippen molar-refractivity contribution in [2.24, 2.45) is 23.5 Å². The van der Waals surface area contributed by atoms with Gasteiger partial charge in [-0.05, 0) is 37.3 Å². The van der Waals surface area contributed by atoms with E-state index in [-0.39, 0.29) is 0 Å². The molecule has 3 nitrogen and oxygen atoms in total. The van der Waals surface area contributed by atoms with Crippen molar-refractivity contribution >= 4 is 0 Å². The number of methoxy groups -OCH3 is 1. The second kappa shape index (κ2) is 6.58. The molecule has 96 valence electrons. The molecule has 0 aromatic rings. The van der Waals surface area contributed by atoms with Crippen molar-refractivity contribution in [3.05, 3.63) is 0 Å². The highest BCUT2D eigenvalue weighted by Crippen LogP contribution is 2.25. The van der Waals surface area contributed by atoms with Gasteiger partial charge in [0.2, 0.25) is 0 Å². The molecule has 1 fully saturated rings. The van der Waals surface area contributed by atoms with Gasteiger partial charge in [0.25, 0.3) is 0 Å². The highest BCUT2D eigenvalue weighted by atomic mass is 16.5. The average Bonchev–Trinajstić information content (AvgIpc) is 2.26. The maximum absolute atomic E-state index is 5.85. The second-order valence-electron chi connectivity index (χ2n) is 5.52. The molecule has 1 aliphatic heterocycles. The summed E-state index contributed by atoms with van der Waals surface area (Å²) in [6.07, 6.45) is 1.27. The highest BCUT2D eigenvalue weighted by Gasteiger charge is 2.30. The molecule has 0 saturated carbocycles. The molecule has 3 heteroatoms. The second-order valence-corrected chi connectivity index (χ2v) is 5.52. The molecular weight excluding hydrogens is 200 g/mol. The largest absolute Gasteiger partial charge is 0.383 e. The van der Waals surface area contributed by atoms with Crippen LogP contribution in [0.5, 0.6) is 0 Å². The van der Waals surface area contributed by atoms with Crippen molar-refractivity contribution in [1.29, 1.82) is 0 Å². The van der Waals surface area contributed by atoms with Gasteiger partial charge in [0.15, 0.2) is 0 Å². The molecule has 0 spiro atoms. The van der Waals surface area contributed by atoms with E-state index in [1.165, 1.54) is 13.0 Å². The first-order valence-electron chi connectivity index (χ1n) is 6.53. The van der Waals surface area contributed by atoms with Crippen molar-refractivity contribution in [2.75, 3.05) is 33.4 Å². The third-order valence-electron chi connectivity index (χ3n) is 4.02. The van der Waals surface area contributed by atoms with Gasteiger partial charge in [-0.3, -0.25) is 4.90 Å². The van der Waals surface area contributed by atoms with Crippen LogP contribution in [0.15, 0.2) is 0 Å². The van der Waals surface area contributed by atoms with Crippen LogP contribution in [0.25, 0.3) is 0 Å². The molecule has 0 radical (unpaired) electrons. The van der Waals surface area contributed by atoms with Crippen LogP contribution in [0, 0.1) is 17.8 Å². The Morgan fingerprint density at radius 1 is 1.44 bits per heavy atom. The van der Waals surface area contributed by atoms with Gasteiger partial charge >= 0.3 is 0 Å².